The maximum Gasteiger partial charge on any atom is 0.0619 e. The van der Waals surface area contributed by atoms with Crippen molar-refractivity contribution in [3.05, 3.63) is 219 Å². The largest absolute Gasteiger partial charge is 0.316 e. The average molecular weight is 919 g/mol. The van der Waals surface area contributed by atoms with Crippen molar-refractivity contribution in [2.45, 2.75) is 108 Å². The third-order valence-corrected chi connectivity index (χ3v) is 13.2. The van der Waals surface area contributed by atoms with Gasteiger partial charge in [0, 0.05) is 51.7 Å². The van der Waals surface area contributed by atoms with Crippen molar-refractivity contribution in [3.63, 3.8) is 0 Å². The molecule has 0 saturated carbocycles. The molecule has 7 aromatic rings. The molecule has 13 rings (SSSR count). The minimum Gasteiger partial charge on any atom is -0.316 e. The summed E-state index contributed by atoms with van der Waals surface area (Å²) in [6, 6.07) is 46.2. The summed E-state index contributed by atoms with van der Waals surface area (Å²) in [5, 5.41) is 4.06. The molecule has 5 aliphatic carbocycles. The Labute approximate surface area is 420 Å². The first-order chi connectivity index (χ1) is 34.7. The number of allylic oxidation sites excluding steroid dienone is 12. The van der Waals surface area contributed by atoms with Crippen molar-refractivity contribution >= 4 is 63.3 Å². The third kappa shape index (κ3) is 9.58. The second-order valence-electron chi connectivity index (χ2n) is 16.7. The first-order valence-electron chi connectivity index (χ1n) is 26.4. The van der Waals surface area contributed by atoms with E-state index in [4.69, 9.17) is 0 Å². The smallest absolute Gasteiger partial charge is 0.0619 e. The molecule has 2 heteroatoms. The third-order valence-electron chi connectivity index (χ3n) is 13.2. The summed E-state index contributed by atoms with van der Waals surface area (Å²) in [6.45, 7) is 22.2. The van der Waals surface area contributed by atoms with Crippen LogP contribution in [0, 0.1) is 0 Å². The van der Waals surface area contributed by atoms with Gasteiger partial charge in [-0.15, -0.1) is 0 Å². The molecule has 0 saturated heterocycles. The second-order valence-corrected chi connectivity index (χ2v) is 16.7. The number of aromatic nitrogens is 2. The number of hydrogen-bond donors (Lipinski definition) is 0. The minimum atomic E-state index is 0.922. The van der Waals surface area contributed by atoms with Crippen LogP contribution >= 0.6 is 0 Å². The molecule has 70 heavy (non-hydrogen) atoms. The maximum absolute atomic E-state index is 2.57. The van der Waals surface area contributed by atoms with Crippen LogP contribution in [0.15, 0.2) is 169 Å². The van der Waals surface area contributed by atoms with E-state index in [0.29, 0.717) is 0 Å². The van der Waals surface area contributed by atoms with Crippen molar-refractivity contribution in [2.75, 3.05) is 0 Å². The molecule has 0 radical (unpaired) electrons. The summed E-state index contributed by atoms with van der Waals surface area (Å²) in [5.41, 5.74) is 24.4. The van der Waals surface area contributed by atoms with E-state index in [1.54, 1.807) is 0 Å². The van der Waals surface area contributed by atoms with Gasteiger partial charge in [0.15, 0.2) is 0 Å². The van der Waals surface area contributed by atoms with E-state index in [0.717, 1.165) is 32.1 Å². The molecule has 0 bridgehead atoms. The number of nitrogens with zero attached hydrogens (tertiary/aromatic N) is 2. The zero-order valence-corrected chi connectivity index (χ0v) is 43.8. The van der Waals surface area contributed by atoms with Gasteiger partial charge in [-0.05, 0) is 124 Å². The summed E-state index contributed by atoms with van der Waals surface area (Å²) in [5.74, 6) is 0. The summed E-state index contributed by atoms with van der Waals surface area (Å²) >= 11 is 0. The zero-order valence-electron chi connectivity index (χ0n) is 43.8. The molecule has 0 N–H and O–H groups in total. The molecule has 0 atom stereocenters. The van der Waals surface area contributed by atoms with E-state index in [1.807, 2.05) is 106 Å². The molecule has 0 fully saturated rings. The molecule has 1 aliphatic heterocycles. The van der Waals surface area contributed by atoms with E-state index < -0.39 is 0 Å². The Morgan fingerprint density at radius 3 is 1.80 bits per heavy atom. The van der Waals surface area contributed by atoms with Crippen molar-refractivity contribution in [3.8, 4) is 22.3 Å². The predicted molar refractivity (Wildman–Crippen MR) is 311 cm³/mol. The predicted octanol–water partition coefficient (Wildman–Crippen LogP) is 18.1. The van der Waals surface area contributed by atoms with Gasteiger partial charge in [-0.25, -0.2) is 0 Å². The average Bonchev–Trinajstić information content (AvgIpc) is 4.32. The van der Waals surface area contributed by atoms with Gasteiger partial charge in [-0.2, -0.15) is 0 Å². The van der Waals surface area contributed by atoms with E-state index >= 15 is 0 Å². The number of fused-ring (bicyclic) bond motifs is 10. The summed E-state index contributed by atoms with van der Waals surface area (Å²) < 4.78 is 5.14. The standard InChI is InChI=1S/C52H38N2.C6H6.5C2H6/c1-32-10-7-15-42-40-13-5-6-14-41(40)46-29-37(30-47-44-17-9-19-49(44)54(52(46)47)50(42)26-32)34-20-22-35(23-21-34)38-28-45-43-16-8-18-48(43)53(51(45)31-38)39-25-24-36(27-39)33-11-3-2-4-12-33;1-2-4-6-5-3-1;5*1-2/h2-8,10-14,17-26,28-30H,9,15-16,27,31H2,1H3;1-6H;5*1-2H3. The van der Waals surface area contributed by atoms with Gasteiger partial charge in [0.05, 0.1) is 16.6 Å². The van der Waals surface area contributed by atoms with E-state index in [2.05, 4.69) is 168 Å². The van der Waals surface area contributed by atoms with Crippen molar-refractivity contribution < 1.29 is 0 Å². The molecule has 0 spiro atoms. The van der Waals surface area contributed by atoms with Gasteiger partial charge in [-0.3, -0.25) is 0 Å². The van der Waals surface area contributed by atoms with Crippen LogP contribution < -0.4 is 10.6 Å². The summed E-state index contributed by atoms with van der Waals surface area (Å²) in [7, 11) is 0. The van der Waals surface area contributed by atoms with Crippen LogP contribution in [0.5, 0.6) is 0 Å². The van der Waals surface area contributed by atoms with Crippen molar-refractivity contribution in [2.24, 2.45) is 0 Å². The lowest BCUT2D eigenvalue weighted by molar-refractivity contribution is 0.975. The van der Waals surface area contributed by atoms with Crippen LogP contribution in [0.3, 0.4) is 0 Å². The fraction of sp³-hybridized carbons (Fsp3) is 0.235. The van der Waals surface area contributed by atoms with Crippen LogP contribution in [0.4, 0.5) is 0 Å². The molecular formula is C68H74N2. The van der Waals surface area contributed by atoms with Gasteiger partial charge < -0.3 is 9.13 Å². The Kier molecular flexibility index (Phi) is 17.3. The fourth-order valence-electron chi connectivity index (χ4n) is 10.5. The van der Waals surface area contributed by atoms with Crippen molar-refractivity contribution in [1.29, 1.82) is 0 Å². The first-order valence-corrected chi connectivity index (χ1v) is 26.4. The molecule has 2 aromatic heterocycles. The molecule has 6 aliphatic rings. The van der Waals surface area contributed by atoms with E-state index in [1.165, 1.54) is 117 Å². The topological polar surface area (TPSA) is 9.86 Å². The van der Waals surface area contributed by atoms with Crippen LogP contribution in [0.2, 0.25) is 0 Å². The highest BCUT2D eigenvalue weighted by atomic mass is 15.0. The lowest BCUT2D eigenvalue weighted by atomic mass is 9.90. The monoisotopic (exact) mass is 919 g/mol. The van der Waals surface area contributed by atoms with Crippen LogP contribution in [0.25, 0.3) is 85.6 Å². The molecule has 0 amide bonds. The van der Waals surface area contributed by atoms with Gasteiger partial charge in [0.2, 0.25) is 0 Å². The second kappa shape index (κ2) is 23.9. The first kappa shape index (κ1) is 50.7. The van der Waals surface area contributed by atoms with Gasteiger partial charge >= 0.3 is 0 Å². The Hall–Kier alpha value is -7.16. The molecule has 3 heterocycles. The van der Waals surface area contributed by atoms with E-state index in [9.17, 15) is 0 Å². The maximum atomic E-state index is 2.57. The van der Waals surface area contributed by atoms with Crippen LogP contribution in [-0.2, 0) is 12.8 Å². The quantitative estimate of drug-likeness (QED) is 0.166. The SMILES string of the molecule is CC.CC.CC.CC.CC.CC1=CC2=C(CC=C1)c1ccccc1-c1cc(-c3ccc(C4=Cc5c6c(n(C7=CC=C(c8ccccc8)C7)c5C4)C=CC6)cc3)cc3c4c(n2c13)=CCC=4.c1ccccc1. The van der Waals surface area contributed by atoms with E-state index in [-0.39, 0.29) is 0 Å². The minimum absolute atomic E-state index is 0.922. The van der Waals surface area contributed by atoms with Gasteiger partial charge in [0.1, 0.15) is 0 Å². The lowest BCUT2D eigenvalue weighted by Gasteiger charge is -2.15. The Morgan fingerprint density at radius 1 is 0.486 bits per heavy atom. The number of rotatable bonds is 4. The Morgan fingerprint density at radius 2 is 1.10 bits per heavy atom. The normalized spacial score (nSPS) is 14.3. The molecular weight excluding hydrogens is 845 g/mol. The molecule has 5 aromatic carbocycles. The molecule has 2 nitrogen and oxygen atoms in total. The highest BCUT2D eigenvalue weighted by Crippen LogP contribution is 2.46. The summed E-state index contributed by atoms with van der Waals surface area (Å²) in [4.78, 5) is 0. The highest BCUT2D eigenvalue weighted by molar-refractivity contribution is 6.09. The van der Waals surface area contributed by atoms with Crippen LogP contribution in [0.1, 0.15) is 135 Å². The highest BCUT2D eigenvalue weighted by Gasteiger charge is 2.30. The number of hydrogen-bond acceptors (Lipinski definition) is 0. The zero-order chi connectivity index (χ0) is 49.7. The summed E-state index contributed by atoms with van der Waals surface area (Å²) in [6.07, 6.45) is 28.5. The lowest BCUT2D eigenvalue weighted by Crippen LogP contribution is -2.26. The fourth-order valence-corrected chi connectivity index (χ4v) is 10.5. The molecule has 0 unspecified atom stereocenters. The Balaban J connectivity index is 0.000000402. The van der Waals surface area contributed by atoms with Gasteiger partial charge in [0.25, 0.3) is 0 Å². The number of benzene rings is 5. The van der Waals surface area contributed by atoms with Crippen molar-refractivity contribution in [1.82, 2.24) is 9.13 Å². The molecule has 356 valence electrons. The Bertz CT molecular complexity index is 3270. The van der Waals surface area contributed by atoms with Crippen LogP contribution in [-0.4, -0.2) is 9.13 Å². The van der Waals surface area contributed by atoms with Gasteiger partial charge in [-0.1, -0.05) is 221 Å².